The van der Waals surface area contributed by atoms with Crippen molar-refractivity contribution in [1.29, 1.82) is 0 Å². The van der Waals surface area contributed by atoms with Crippen molar-refractivity contribution in [1.82, 2.24) is 0 Å². The predicted octanol–water partition coefficient (Wildman–Crippen LogP) is 1.56. The quantitative estimate of drug-likeness (QED) is 0.627. The lowest BCUT2D eigenvalue weighted by molar-refractivity contribution is -0.885. The lowest BCUT2D eigenvalue weighted by Crippen LogP contribution is -3.08. The Balaban J connectivity index is 1.97. The van der Waals surface area contributed by atoms with Crippen LogP contribution >= 0.6 is 0 Å². The number of nitrogens with one attached hydrogen (secondary N) is 2. The largest absolute Gasteiger partial charge is 0.326 e. The number of benzene rings is 2. The molecule has 23 heavy (non-hydrogen) atoms. The lowest BCUT2D eigenvalue weighted by Gasteiger charge is -2.15. The molecule has 1 unspecified atom stereocenters. The van der Waals surface area contributed by atoms with E-state index in [2.05, 4.69) is 5.32 Å². The van der Waals surface area contributed by atoms with Gasteiger partial charge in [-0.05, 0) is 18.6 Å². The van der Waals surface area contributed by atoms with Crippen molar-refractivity contribution >= 4 is 17.3 Å². The van der Waals surface area contributed by atoms with Crippen LogP contribution in [-0.4, -0.2) is 24.4 Å². The molecule has 120 valence electrons. The molecule has 0 aromatic heterocycles. The van der Waals surface area contributed by atoms with Gasteiger partial charge in [-0.2, -0.15) is 0 Å². The SMILES string of the molecule is Cc1ccccc1C[NH+](C)CC(=O)Nc1ccccc1[N+](=O)[O-]. The van der Waals surface area contributed by atoms with Crippen molar-refractivity contribution in [2.24, 2.45) is 0 Å². The molecule has 0 radical (unpaired) electrons. The number of nitro groups is 1. The maximum Gasteiger partial charge on any atom is 0.292 e. The van der Waals surface area contributed by atoms with Crippen molar-refractivity contribution in [2.45, 2.75) is 13.5 Å². The van der Waals surface area contributed by atoms with E-state index in [0.717, 1.165) is 11.4 Å². The molecule has 0 saturated carbocycles. The van der Waals surface area contributed by atoms with E-state index in [-0.39, 0.29) is 23.8 Å². The number of nitrogens with zero attached hydrogens (tertiary/aromatic N) is 1. The standard InChI is InChI=1S/C17H19N3O3/c1-13-7-3-4-8-14(13)11-19(2)12-17(21)18-15-9-5-6-10-16(15)20(22)23/h3-10H,11-12H2,1-2H3,(H,18,21)/p+1. The summed E-state index contributed by atoms with van der Waals surface area (Å²) in [5.74, 6) is -0.245. The molecule has 2 aromatic rings. The number of para-hydroxylation sites is 2. The van der Waals surface area contributed by atoms with E-state index in [1.165, 1.54) is 23.3 Å². The molecule has 2 N–H and O–H groups in total. The number of aryl methyl sites for hydroxylation is 1. The molecule has 0 aliphatic rings. The molecule has 0 heterocycles. The molecule has 0 spiro atoms. The van der Waals surface area contributed by atoms with Gasteiger partial charge in [0.25, 0.3) is 11.6 Å². The maximum absolute atomic E-state index is 12.1. The normalized spacial score (nSPS) is 11.7. The number of likely N-dealkylation sites (N-methyl/N-ethyl adjacent to an activating group) is 1. The molecule has 6 heteroatoms. The Morgan fingerprint density at radius 1 is 1.17 bits per heavy atom. The maximum atomic E-state index is 12.1. The summed E-state index contributed by atoms with van der Waals surface area (Å²) in [6.07, 6.45) is 0. The third kappa shape index (κ3) is 4.62. The summed E-state index contributed by atoms with van der Waals surface area (Å²) in [6, 6.07) is 14.2. The average Bonchev–Trinajstić information content (AvgIpc) is 2.49. The van der Waals surface area contributed by atoms with Gasteiger partial charge >= 0.3 is 0 Å². The zero-order valence-electron chi connectivity index (χ0n) is 13.2. The number of nitro benzene ring substituents is 1. The first kappa shape index (κ1) is 16.6. The number of quaternary nitrogens is 1. The molecular weight excluding hydrogens is 294 g/mol. The van der Waals surface area contributed by atoms with E-state index in [9.17, 15) is 14.9 Å². The van der Waals surface area contributed by atoms with Crippen molar-refractivity contribution in [3.05, 3.63) is 69.8 Å². The molecule has 0 aliphatic carbocycles. The number of carbonyl (C=O) groups excluding carboxylic acids is 1. The van der Waals surface area contributed by atoms with Crippen LogP contribution in [0.5, 0.6) is 0 Å². The molecule has 1 atom stereocenters. The summed E-state index contributed by atoms with van der Waals surface area (Å²) in [4.78, 5) is 23.6. The Morgan fingerprint density at radius 2 is 1.83 bits per heavy atom. The van der Waals surface area contributed by atoms with E-state index in [0.29, 0.717) is 0 Å². The highest BCUT2D eigenvalue weighted by atomic mass is 16.6. The monoisotopic (exact) mass is 314 g/mol. The first-order valence-corrected chi connectivity index (χ1v) is 7.36. The highest BCUT2D eigenvalue weighted by molar-refractivity contribution is 5.93. The summed E-state index contributed by atoms with van der Waals surface area (Å²) >= 11 is 0. The Kier molecular flexibility index (Phi) is 5.43. The van der Waals surface area contributed by atoms with Gasteiger partial charge in [-0.3, -0.25) is 14.9 Å². The Hall–Kier alpha value is -2.73. The van der Waals surface area contributed by atoms with Crippen LogP contribution < -0.4 is 10.2 Å². The van der Waals surface area contributed by atoms with E-state index < -0.39 is 4.92 Å². The van der Waals surface area contributed by atoms with Gasteiger partial charge in [0.05, 0.1) is 12.0 Å². The Labute approximate surface area is 134 Å². The number of hydrogen-bond donors (Lipinski definition) is 2. The Bertz CT molecular complexity index is 716. The molecule has 0 aliphatic heterocycles. The Morgan fingerprint density at radius 3 is 2.52 bits per heavy atom. The van der Waals surface area contributed by atoms with Crippen LogP contribution in [0.4, 0.5) is 11.4 Å². The molecule has 0 saturated heterocycles. The summed E-state index contributed by atoms with van der Waals surface area (Å²) in [5, 5.41) is 13.6. The topological polar surface area (TPSA) is 76.7 Å². The van der Waals surface area contributed by atoms with Gasteiger partial charge in [0.1, 0.15) is 12.2 Å². The van der Waals surface area contributed by atoms with E-state index in [1.807, 2.05) is 38.2 Å². The van der Waals surface area contributed by atoms with Gasteiger partial charge in [-0.1, -0.05) is 36.4 Å². The van der Waals surface area contributed by atoms with E-state index in [1.54, 1.807) is 12.1 Å². The highest BCUT2D eigenvalue weighted by Crippen LogP contribution is 2.22. The summed E-state index contributed by atoms with van der Waals surface area (Å²) in [7, 11) is 1.92. The second-order valence-electron chi connectivity index (χ2n) is 5.56. The fourth-order valence-corrected chi connectivity index (χ4v) is 2.40. The van der Waals surface area contributed by atoms with Gasteiger partial charge in [0, 0.05) is 11.6 Å². The van der Waals surface area contributed by atoms with Crippen molar-refractivity contribution in [2.75, 3.05) is 18.9 Å². The van der Waals surface area contributed by atoms with Crippen LogP contribution in [0.1, 0.15) is 11.1 Å². The van der Waals surface area contributed by atoms with Crippen LogP contribution in [0.3, 0.4) is 0 Å². The third-order valence-corrected chi connectivity index (χ3v) is 3.59. The molecule has 2 aromatic carbocycles. The summed E-state index contributed by atoms with van der Waals surface area (Å²) < 4.78 is 0. The molecule has 0 bridgehead atoms. The van der Waals surface area contributed by atoms with Gasteiger partial charge in [0.2, 0.25) is 0 Å². The second-order valence-corrected chi connectivity index (χ2v) is 5.56. The minimum atomic E-state index is -0.500. The van der Waals surface area contributed by atoms with Crippen molar-refractivity contribution in [3.63, 3.8) is 0 Å². The second kappa shape index (κ2) is 7.51. The number of amides is 1. The van der Waals surface area contributed by atoms with Gasteiger partial charge in [0.15, 0.2) is 6.54 Å². The van der Waals surface area contributed by atoms with Crippen molar-refractivity contribution < 1.29 is 14.6 Å². The molecule has 2 rings (SSSR count). The van der Waals surface area contributed by atoms with Gasteiger partial charge < -0.3 is 10.2 Å². The first-order chi connectivity index (χ1) is 11.0. The van der Waals surface area contributed by atoms with Crippen LogP contribution in [0.25, 0.3) is 0 Å². The average molecular weight is 314 g/mol. The van der Waals surface area contributed by atoms with E-state index >= 15 is 0 Å². The van der Waals surface area contributed by atoms with Gasteiger partial charge in [-0.15, -0.1) is 0 Å². The number of hydrogen-bond acceptors (Lipinski definition) is 3. The third-order valence-electron chi connectivity index (χ3n) is 3.59. The molecular formula is C17H20N3O3+. The van der Waals surface area contributed by atoms with Crippen LogP contribution in [0.2, 0.25) is 0 Å². The summed E-state index contributed by atoms with van der Waals surface area (Å²) in [6.45, 7) is 2.99. The van der Waals surface area contributed by atoms with Crippen LogP contribution in [0.15, 0.2) is 48.5 Å². The molecule has 0 fully saturated rings. The fourth-order valence-electron chi connectivity index (χ4n) is 2.40. The fraction of sp³-hybridized carbons (Fsp3) is 0.235. The number of anilines is 1. The minimum absolute atomic E-state index is 0.0996. The van der Waals surface area contributed by atoms with Crippen molar-refractivity contribution in [3.8, 4) is 0 Å². The first-order valence-electron chi connectivity index (χ1n) is 7.36. The smallest absolute Gasteiger partial charge is 0.292 e. The van der Waals surface area contributed by atoms with E-state index in [4.69, 9.17) is 0 Å². The number of rotatable bonds is 6. The predicted molar refractivity (Wildman–Crippen MR) is 88.4 cm³/mol. The number of carbonyl (C=O) groups is 1. The zero-order chi connectivity index (χ0) is 16.8. The molecule has 1 amide bonds. The lowest BCUT2D eigenvalue weighted by atomic mass is 10.1. The van der Waals surface area contributed by atoms with Gasteiger partial charge in [-0.25, -0.2) is 0 Å². The van der Waals surface area contributed by atoms with Crippen LogP contribution in [-0.2, 0) is 11.3 Å². The minimum Gasteiger partial charge on any atom is -0.326 e. The zero-order valence-corrected chi connectivity index (χ0v) is 13.2. The highest BCUT2D eigenvalue weighted by Gasteiger charge is 2.17. The molecule has 6 nitrogen and oxygen atoms in total. The summed E-state index contributed by atoms with van der Waals surface area (Å²) in [5.41, 5.74) is 2.50. The van der Waals surface area contributed by atoms with Crippen LogP contribution in [0, 0.1) is 17.0 Å².